The molecule has 0 fully saturated rings. The summed E-state index contributed by atoms with van der Waals surface area (Å²) in [5.74, 6) is 1.85. The maximum atomic E-state index is 5.40. The van der Waals surface area contributed by atoms with E-state index in [0.29, 0.717) is 17.5 Å². The third-order valence-corrected chi connectivity index (χ3v) is 11.1. The Morgan fingerprint density at radius 2 is 0.782 bits per heavy atom. The van der Waals surface area contributed by atoms with E-state index >= 15 is 0 Å². The number of fused-ring (bicyclic) bond motifs is 3. The van der Waals surface area contributed by atoms with Gasteiger partial charge in [-0.1, -0.05) is 158 Å². The smallest absolute Gasteiger partial charge is 0.164 e. The Morgan fingerprint density at radius 3 is 1.44 bits per heavy atom. The van der Waals surface area contributed by atoms with E-state index in [1.165, 1.54) is 20.2 Å². The van der Waals surface area contributed by atoms with E-state index in [2.05, 4.69) is 127 Å². The number of thiophene rings is 1. The van der Waals surface area contributed by atoms with Crippen LogP contribution in [0.2, 0.25) is 0 Å². The summed E-state index contributed by atoms with van der Waals surface area (Å²) in [6.45, 7) is 0. The van der Waals surface area contributed by atoms with E-state index in [1.54, 1.807) is 0 Å². The Balaban J connectivity index is 1.23. The highest BCUT2D eigenvalue weighted by atomic mass is 32.1. The Labute approximate surface area is 323 Å². The summed E-state index contributed by atoms with van der Waals surface area (Å²) in [4.78, 5) is 20.5. The maximum Gasteiger partial charge on any atom is 0.164 e. The van der Waals surface area contributed by atoms with Crippen LogP contribution in [-0.4, -0.2) is 19.9 Å². The molecule has 3 aromatic heterocycles. The molecular weight excluding hydrogens is 689 g/mol. The van der Waals surface area contributed by atoms with Gasteiger partial charge in [0.1, 0.15) is 0 Å². The van der Waals surface area contributed by atoms with Gasteiger partial charge in [-0.05, 0) is 58.7 Å². The molecule has 10 aromatic rings. The highest BCUT2D eigenvalue weighted by Gasteiger charge is 2.18. The van der Waals surface area contributed by atoms with Crippen LogP contribution in [0.15, 0.2) is 194 Å². The molecule has 0 saturated carbocycles. The van der Waals surface area contributed by atoms with E-state index < -0.39 is 0 Å². The zero-order valence-corrected chi connectivity index (χ0v) is 30.5. The van der Waals surface area contributed by atoms with E-state index in [0.717, 1.165) is 61.5 Å². The molecule has 0 unspecified atom stereocenters. The fraction of sp³-hybridized carbons (Fsp3) is 0. The Kier molecular flexibility index (Phi) is 8.32. The molecule has 0 N–H and O–H groups in total. The van der Waals surface area contributed by atoms with Crippen molar-refractivity contribution in [2.75, 3.05) is 0 Å². The van der Waals surface area contributed by atoms with Crippen molar-refractivity contribution in [3.05, 3.63) is 194 Å². The molecule has 10 rings (SSSR count). The summed E-state index contributed by atoms with van der Waals surface area (Å²) in [7, 11) is 0. The summed E-state index contributed by atoms with van der Waals surface area (Å²) in [5.41, 5.74) is 11.0. The first-order valence-electron chi connectivity index (χ1n) is 18.3. The summed E-state index contributed by atoms with van der Waals surface area (Å²) in [6.07, 6.45) is 0. The van der Waals surface area contributed by atoms with Gasteiger partial charge in [-0.15, -0.1) is 11.3 Å². The van der Waals surface area contributed by atoms with Crippen molar-refractivity contribution in [2.45, 2.75) is 0 Å². The fourth-order valence-electron chi connectivity index (χ4n) is 7.20. The zero-order chi connectivity index (χ0) is 36.6. The molecule has 3 heterocycles. The summed E-state index contributed by atoms with van der Waals surface area (Å²) < 4.78 is 2.55. The predicted molar refractivity (Wildman–Crippen MR) is 229 cm³/mol. The van der Waals surface area contributed by atoms with Gasteiger partial charge in [0, 0.05) is 48.0 Å². The van der Waals surface area contributed by atoms with E-state index in [4.69, 9.17) is 19.9 Å². The normalized spacial score (nSPS) is 11.3. The van der Waals surface area contributed by atoms with Gasteiger partial charge in [-0.25, -0.2) is 19.9 Å². The standard InChI is InChI=1S/C50H32N4S/c1-5-15-33(16-6-1)39-31-44(34-17-7-2-8-18-34)51-45(32-39)42-30-38(25-27-40(42)37-26-28-47-43(29-37)41-23-13-14-24-46(41)55-47)50-53-48(35-19-9-3-10-20-35)52-49(54-50)36-21-11-4-12-22-36/h1-32H. The monoisotopic (exact) mass is 720 g/mol. The Hall–Kier alpha value is -7.08. The number of hydrogen-bond donors (Lipinski definition) is 0. The summed E-state index contributed by atoms with van der Waals surface area (Å²) in [6, 6.07) is 67.5. The van der Waals surface area contributed by atoms with Crippen molar-refractivity contribution in [1.82, 2.24) is 19.9 Å². The van der Waals surface area contributed by atoms with Gasteiger partial charge < -0.3 is 0 Å². The number of benzene rings is 7. The van der Waals surface area contributed by atoms with Gasteiger partial charge in [-0.2, -0.15) is 0 Å². The zero-order valence-electron chi connectivity index (χ0n) is 29.7. The Morgan fingerprint density at radius 1 is 0.273 bits per heavy atom. The number of nitrogens with zero attached hydrogens (tertiary/aromatic N) is 4. The quantitative estimate of drug-likeness (QED) is 0.164. The molecule has 0 aliphatic carbocycles. The lowest BCUT2D eigenvalue weighted by molar-refractivity contribution is 1.07. The molecule has 0 aliphatic rings. The average Bonchev–Trinajstić information content (AvgIpc) is 3.65. The van der Waals surface area contributed by atoms with Crippen molar-refractivity contribution in [3.8, 4) is 78.9 Å². The first-order chi connectivity index (χ1) is 27.2. The highest BCUT2D eigenvalue weighted by Crippen LogP contribution is 2.41. The van der Waals surface area contributed by atoms with Gasteiger partial charge in [0.15, 0.2) is 17.5 Å². The largest absolute Gasteiger partial charge is 0.248 e. The second kappa shape index (κ2) is 14.0. The lowest BCUT2D eigenvalue weighted by Crippen LogP contribution is -2.01. The first kappa shape index (κ1) is 32.6. The van der Waals surface area contributed by atoms with Gasteiger partial charge in [-0.3, -0.25) is 0 Å². The topological polar surface area (TPSA) is 51.6 Å². The predicted octanol–water partition coefficient (Wildman–Crippen LogP) is 13.3. The molecule has 0 atom stereocenters. The number of hydrogen-bond acceptors (Lipinski definition) is 5. The van der Waals surface area contributed by atoms with Crippen molar-refractivity contribution < 1.29 is 0 Å². The van der Waals surface area contributed by atoms with Crippen LogP contribution < -0.4 is 0 Å². The average molecular weight is 721 g/mol. The lowest BCUT2D eigenvalue weighted by atomic mass is 9.92. The molecule has 0 spiro atoms. The molecule has 0 aliphatic heterocycles. The molecule has 0 radical (unpaired) electrons. The number of rotatable bonds is 7. The second-order valence-corrected chi connectivity index (χ2v) is 14.5. The number of pyridine rings is 1. The molecule has 0 saturated heterocycles. The first-order valence-corrected chi connectivity index (χ1v) is 19.1. The van der Waals surface area contributed by atoms with E-state index in [9.17, 15) is 0 Å². The molecule has 0 amide bonds. The summed E-state index contributed by atoms with van der Waals surface area (Å²) >= 11 is 1.83. The van der Waals surface area contributed by atoms with Crippen LogP contribution in [0.1, 0.15) is 0 Å². The van der Waals surface area contributed by atoms with Crippen molar-refractivity contribution in [3.63, 3.8) is 0 Å². The Bertz CT molecular complexity index is 2850. The minimum absolute atomic E-state index is 0.599. The van der Waals surface area contributed by atoms with Crippen LogP contribution in [0.25, 0.3) is 99.1 Å². The number of aromatic nitrogens is 4. The molecule has 0 bridgehead atoms. The molecule has 55 heavy (non-hydrogen) atoms. The second-order valence-electron chi connectivity index (χ2n) is 13.5. The van der Waals surface area contributed by atoms with Gasteiger partial charge in [0.05, 0.1) is 11.4 Å². The van der Waals surface area contributed by atoms with Crippen LogP contribution in [0.5, 0.6) is 0 Å². The van der Waals surface area contributed by atoms with Gasteiger partial charge in [0.25, 0.3) is 0 Å². The van der Waals surface area contributed by atoms with E-state index in [-0.39, 0.29) is 0 Å². The minimum Gasteiger partial charge on any atom is -0.248 e. The molecule has 5 heteroatoms. The molecular formula is C50H32N4S. The maximum absolute atomic E-state index is 5.40. The lowest BCUT2D eigenvalue weighted by Gasteiger charge is -2.16. The van der Waals surface area contributed by atoms with Gasteiger partial charge in [0.2, 0.25) is 0 Å². The third-order valence-electron chi connectivity index (χ3n) is 9.94. The minimum atomic E-state index is 0.599. The highest BCUT2D eigenvalue weighted by molar-refractivity contribution is 7.25. The third kappa shape index (κ3) is 6.37. The SMILES string of the molecule is c1ccc(-c2cc(-c3ccccc3)nc(-c3cc(-c4nc(-c5ccccc5)nc(-c5ccccc5)n4)ccc3-c3ccc4sc5ccccc5c4c3)c2)cc1. The van der Waals surface area contributed by atoms with Crippen molar-refractivity contribution in [2.24, 2.45) is 0 Å². The molecule has 7 aromatic carbocycles. The molecule has 258 valence electrons. The fourth-order valence-corrected chi connectivity index (χ4v) is 8.29. The van der Waals surface area contributed by atoms with Crippen LogP contribution in [0.4, 0.5) is 0 Å². The van der Waals surface area contributed by atoms with Gasteiger partial charge >= 0.3 is 0 Å². The van der Waals surface area contributed by atoms with Crippen LogP contribution in [0, 0.1) is 0 Å². The van der Waals surface area contributed by atoms with Crippen LogP contribution >= 0.6 is 11.3 Å². The van der Waals surface area contributed by atoms with Crippen molar-refractivity contribution >= 4 is 31.5 Å². The van der Waals surface area contributed by atoms with E-state index in [1.807, 2.05) is 78.1 Å². The van der Waals surface area contributed by atoms with Crippen LogP contribution in [0.3, 0.4) is 0 Å². The van der Waals surface area contributed by atoms with Crippen molar-refractivity contribution in [1.29, 1.82) is 0 Å². The van der Waals surface area contributed by atoms with Crippen LogP contribution in [-0.2, 0) is 0 Å². The molecule has 4 nitrogen and oxygen atoms in total. The summed E-state index contributed by atoms with van der Waals surface area (Å²) in [5, 5.41) is 2.52.